The Morgan fingerprint density at radius 1 is 1.19 bits per heavy atom. The quantitative estimate of drug-likeness (QED) is 0.835. The summed E-state index contributed by atoms with van der Waals surface area (Å²) in [4.78, 5) is 0. The van der Waals surface area contributed by atoms with E-state index >= 15 is 0 Å². The molecule has 1 N–H and O–H groups in total. The number of benzene rings is 1. The van der Waals surface area contributed by atoms with Gasteiger partial charge < -0.3 is 14.8 Å². The van der Waals surface area contributed by atoms with Crippen molar-refractivity contribution in [2.24, 2.45) is 11.8 Å². The van der Waals surface area contributed by atoms with Crippen LogP contribution in [0.5, 0.6) is 0 Å². The third-order valence-electron chi connectivity index (χ3n) is 4.32. The highest BCUT2D eigenvalue weighted by Gasteiger charge is 2.27. The van der Waals surface area contributed by atoms with Gasteiger partial charge in [0.1, 0.15) is 0 Å². The summed E-state index contributed by atoms with van der Waals surface area (Å²) in [5, 5.41) is 3.44. The molecule has 0 aromatic heterocycles. The molecule has 0 aliphatic carbocycles. The fourth-order valence-corrected chi connectivity index (χ4v) is 3.01. The topological polar surface area (TPSA) is 30.5 Å². The number of rotatable bonds is 7. The van der Waals surface area contributed by atoms with Crippen LogP contribution >= 0.6 is 0 Å². The zero-order chi connectivity index (χ0) is 15.1. The van der Waals surface area contributed by atoms with Gasteiger partial charge in [-0.3, -0.25) is 0 Å². The van der Waals surface area contributed by atoms with Crippen molar-refractivity contribution in [2.45, 2.75) is 38.8 Å². The largest absolute Gasteiger partial charge is 0.381 e. The summed E-state index contributed by atoms with van der Waals surface area (Å²) in [6, 6.07) is 10.8. The van der Waals surface area contributed by atoms with Crippen molar-refractivity contribution in [3.63, 3.8) is 0 Å². The first-order valence-electron chi connectivity index (χ1n) is 8.14. The third kappa shape index (κ3) is 4.80. The van der Waals surface area contributed by atoms with E-state index in [2.05, 4.69) is 49.5 Å². The van der Waals surface area contributed by atoms with E-state index in [0.29, 0.717) is 11.8 Å². The van der Waals surface area contributed by atoms with Gasteiger partial charge in [-0.2, -0.15) is 0 Å². The van der Waals surface area contributed by atoms with Crippen molar-refractivity contribution in [3.8, 4) is 0 Å². The summed E-state index contributed by atoms with van der Waals surface area (Å²) in [5.74, 6) is 1.12. The standard InChI is InChI=1S/C18H29NO2/c1-14(2)18(21-13-15-9-11-20-12-10-15)17(19-3)16-7-5-4-6-8-16/h4-8,14-15,17-19H,9-13H2,1-3H3. The fourth-order valence-electron chi connectivity index (χ4n) is 3.01. The van der Waals surface area contributed by atoms with Crippen LogP contribution in [0.25, 0.3) is 0 Å². The minimum absolute atomic E-state index is 0.195. The van der Waals surface area contributed by atoms with E-state index in [1.807, 2.05) is 7.05 Å². The summed E-state index contributed by atoms with van der Waals surface area (Å²) in [6.07, 6.45) is 2.45. The fraction of sp³-hybridized carbons (Fsp3) is 0.667. The molecule has 1 saturated heterocycles. The molecular weight excluding hydrogens is 262 g/mol. The van der Waals surface area contributed by atoms with E-state index in [9.17, 15) is 0 Å². The van der Waals surface area contributed by atoms with Gasteiger partial charge >= 0.3 is 0 Å². The van der Waals surface area contributed by atoms with Crippen LogP contribution in [0.2, 0.25) is 0 Å². The minimum atomic E-state index is 0.195. The van der Waals surface area contributed by atoms with Gasteiger partial charge in [-0.15, -0.1) is 0 Å². The zero-order valence-corrected chi connectivity index (χ0v) is 13.5. The lowest BCUT2D eigenvalue weighted by molar-refractivity contribution is -0.0420. The second-order valence-electron chi connectivity index (χ2n) is 6.27. The molecule has 0 saturated carbocycles. The number of hydrogen-bond donors (Lipinski definition) is 1. The number of nitrogens with one attached hydrogen (secondary N) is 1. The van der Waals surface area contributed by atoms with Crippen molar-refractivity contribution in [2.75, 3.05) is 26.9 Å². The lowest BCUT2D eigenvalue weighted by Crippen LogP contribution is -2.37. The van der Waals surface area contributed by atoms with E-state index in [4.69, 9.17) is 9.47 Å². The lowest BCUT2D eigenvalue weighted by Gasteiger charge is -2.32. The summed E-state index contributed by atoms with van der Waals surface area (Å²) < 4.78 is 11.8. The molecule has 1 heterocycles. The predicted molar refractivity (Wildman–Crippen MR) is 86.4 cm³/mol. The normalized spacial score (nSPS) is 19.6. The van der Waals surface area contributed by atoms with Gasteiger partial charge in [0.2, 0.25) is 0 Å². The Morgan fingerprint density at radius 2 is 1.86 bits per heavy atom. The summed E-state index contributed by atoms with van der Waals surface area (Å²) in [5.41, 5.74) is 1.30. The Bertz CT molecular complexity index is 387. The summed E-state index contributed by atoms with van der Waals surface area (Å²) in [7, 11) is 2.02. The number of ether oxygens (including phenoxy) is 2. The molecule has 2 unspecified atom stereocenters. The molecule has 2 atom stereocenters. The second-order valence-corrected chi connectivity index (χ2v) is 6.27. The van der Waals surface area contributed by atoms with E-state index in [-0.39, 0.29) is 12.1 Å². The summed E-state index contributed by atoms with van der Waals surface area (Å²) >= 11 is 0. The molecule has 0 radical (unpaired) electrons. The summed E-state index contributed by atoms with van der Waals surface area (Å²) in [6.45, 7) is 7.09. The molecule has 0 spiro atoms. The molecule has 1 aromatic carbocycles. The molecule has 1 aliphatic heterocycles. The van der Waals surface area contributed by atoms with Crippen molar-refractivity contribution < 1.29 is 9.47 Å². The van der Waals surface area contributed by atoms with Crippen LogP contribution in [0, 0.1) is 11.8 Å². The molecule has 21 heavy (non-hydrogen) atoms. The zero-order valence-electron chi connectivity index (χ0n) is 13.5. The number of hydrogen-bond acceptors (Lipinski definition) is 3. The first kappa shape index (κ1) is 16.5. The molecule has 1 aliphatic rings. The van der Waals surface area contributed by atoms with Crippen LogP contribution < -0.4 is 5.32 Å². The molecule has 0 amide bonds. The Kier molecular flexibility index (Phi) is 6.68. The smallest absolute Gasteiger partial charge is 0.0792 e. The first-order valence-corrected chi connectivity index (χ1v) is 8.14. The van der Waals surface area contributed by atoms with Crippen LogP contribution in [0.1, 0.15) is 38.3 Å². The Morgan fingerprint density at radius 3 is 2.43 bits per heavy atom. The maximum atomic E-state index is 6.33. The van der Waals surface area contributed by atoms with Crippen molar-refractivity contribution in [1.29, 1.82) is 0 Å². The van der Waals surface area contributed by atoms with Crippen molar-refractivity contribution >= 4 is 0 Å². The average molecular weight is 291 g/mol. The van der Waals surface area contributed by atoms with Crippen LogP contribution in [0.15, 0.2) is 30.3 Å². The van der Waals surface area contributed by atoms with Crippen LogP contribution in [-0.2, 0) is 9.47 Å². The highest BCUT2D eigenvalue weighted by Crippen LogP contribution is 2.26. The molecule has 0 bridgehead atoms. The molecule has 1 aromatic rings. The number of likely N-dealkylation sites (N-methyl/N-ethyl adjacent to an activating group) is 1. The van der Waals surface area contributed by atoms with Gasteiger partial charge in [-0.05, 0) is 37.3 Å². The highest BCUT2D eigenvalue weighted by atomic mass is 16.5. The Labute approximate surface area is 129 Å². The maximum Gasteiger partial charge on any atom is 0.0792 e. The molecule has 3 nitrogen and oxygen atoms in total. The SMILES string of the molecule is CNC(c1ccccc1)C(OCC1CCOCC1)C(C)C. The Hall–Kier alpha value is -0.900. The second kappa shape index (κ2) is 8.52. The third-order valence-corrected chi connectivity index (χ3v) is 4.32. The van der Waals surface area contributed by atoms with Crippen molar-refractivity contribution in [1.82, 2.24) is 5.32 Å². The molecule has 118 valence electrons. The minimum Gasteiger partial charge on any atom is -0.381 e. The molecule has 2 rings (SSSR count). The monoisotopic (exact) mass is 291 g/mol. The van der Waals surface area contributed by atoms with E-state index < -0.39 is 0 Å². The van der Waals surface area contributed by atoms with Gasteiger partial charge in [0.15, 0.2) is 0 Å². The predicted octanol–water partition coefficient (Wildman–Crippen LogP) is 3.41. The first-order chi connectivity index (χ1) is 10.2. The van der Waals surface area contributed by atoms with E-state index in [0.717, 1.165) is 32.7 Å². The van der Waals surface area contributed by atoms with Crippen LogP contribution in [0.3, 0.4) is 0 Å². The molecule has 1 fully saturated rings. The maximum absolute atomic E-state index is 6.33. The van der Waals surface area contributed by atoms with Crippen LogP contribution in [0.4, 0.5) is 0 Å². The lowest BCUT2D eigenvalue weighted by atomic mass is 9.93. The van der Waals surface area contributed by atoms with Gasteiger partial charge in [-0.25, -0.2) is 0 Å². The Balaban J connectivity index is 1.99. The average Bonchev–Trinajstić information content (AvgIpc) is 2.53. The highest BCUT2D eigenvalue weighted by molar-refractivity contribution is 5.20. The van der Waals surface area contributed by atoms with Gasteiger partial charge in [0.05, 0.1) is 18.8 Å². The van der Waals surface area contributed by atoms with Gasteiger partial charge in [0.25, 0.3) is 0 Å². The molecule has 3 heteroatoms. The van der Waals surface area contributed by atoms with Gasteiger partial charge in [0, 0.05) is 13.2 Å². The van der Waals surface area contributed by atoms with E-state index in [1.165, 1.54) is 5.56 Å². The van der Waals surface area contributed by atoms with E-state index in [1.54, 1.807) is 0 Å². The molecular formula is C18H29NO2. The van der Waals surface area contributed by atoms with Crippen LogP contribution in [-0.4, -0.2) is 33.0 Å². The van der Waals surface area contributed by atoms with Gasteiger partial charge in [-0.1, -0.05) is 44.2 Å². The van der Waals surface area contributed by atoms with Crippen molar-refractivity contribution in [3.05, 3.63) is 35.9 Å².